The van der Waals surface area contributed by atoms with Crippen LogP contribution in [-0.2, 0) is 9.47 Å². The van der Waals surface area contributed by atoms with E-state index in [0.717, 1.165) is 24.4 Å². The highest BCUT2D eigenvalue weighted by atomic mass is 32.1. The summed E-state index contributed by atoms with van der Waals surface area (Å²) in [4.78, 5) is 0. The second-order valence-corrected chi connectivity index (χ2v) is 3.33. The molecule has 0 fully saturated rings. The molecule has 0 saturated carbocycles. The van der Waals surface area contributed by atoms with Crippen molar-refractivity contribution in [2.45, 2.75) is 18.9 Å². The van der Waals surface area contributed by atoms with Gasteiger partial charge in [0.15, 0.2) is 5.76 Å². The van der Waals surface area contributed by atoms with Gasteiger partial charge in [-0.05, 0) is 12.5 Å². The molecule has 12 heavy (non-hydrogen) atoms. The lowest BCUT2D eigenvalue weighted by Gasteiger charge is -2.28. The summed E-state index contributed by atoms with van der Waals surface area (Å²) in [6.45, 7) is 0.649. The maximum atomic E-state index is 5.63. The largest absolute Gasteiger partial charge is 0.490 e. The monoisotopic (exact) mass is 184 g/mol. The first-order chi connectivity index (χ1) is 5.90. The molecule has 1 unspecified atom stereocenters. The molecule has 0 aromatic carbocycles. The molecule has 0 N–H and O–H groups in total. The van der Waals surface area contributed by atoms with Gasteiger partial charge in [-0.15, -0.1) is 0 Å². The van der Waals surface area contributed by atoms with Crippen molar-refractivity contribution in [1.82, 2.24) is 0 Å². The molecule has 0 aromatic rings. The van der Waals surface area contributed by atoms with Crippen LogP contribution in [0, 0.1) is 0 Å². The normalized spacial score (nSPS) is 27.6. The summed E-state index contributed by atoms with van der Waals surface area (Å²) in [5.74, 6) is 2.63. The van der Waals surface area contributed by atoms with Gasteiger partial charge < -0.3 is 9.47 Å². The van der Waals surface area contributed by atoms with Gasteiger partial charge in [-0.2, -0.15) is 12.6 Å². The average Bonchev–Trinajstić information content (AvgIpc) is 2.17. The highest BCUT2D eigenvalue weighted by Crippen LogP contribution is 2.26. The molecule has 1 atom stereocenters. The minimum absolute atomic E-state index is 0.120. The van der Waals surface area contributed by atoms with E-state index in [-0.39, 0.29) is 6.10 Å². The van der Waals surface area contributed by atoms with Crippen LogP contribution in [0.5, 0.6) is 0 Å². The van der Waals surface area contributed by atoms with Crippen molar-refractivity contribution in [2.24, 2.45) is 0 Å². The molecule has 1 aliphatic carbocycles. The molecule has 1 heterocycles. The maximum absolute atomic E-state index is 5.63. The summed E-state index contributed by atoms with van der Waals surface area (Å²) in [7, 11) is 0. The molecule has 2 aliphatic rings. The van der Waals surface area contributed by atoms with Gasteiger partial charge in [0, 0.05) is 12.2 Å². The fourth-order valence-electron chi connectivity index (χ4n) is 1.37. The van der Waals surface area contributed by atoms with Crippen LogP contribution in [0.1, 0.15) is 12.8 Å². The maximum Gasteiger partial charge on any atom is 0.157 e. The Labute approximate surface area is 77.7 Å². The Kier molecular flexibility index (Phi) is 2.30. The first-order valence-corrected chi connectivity index (χ1v) is 4.83. The van der Waals surface area contributed by atoms with E-state index in [4.69, 9.17) is 9.47 Å². The Balaban J connectivity index is 2.11. The molecule has 0 spiro atoms. The Morgan fingerprint density at radius 3 is 3.33 bits per heavy atom. The topological polar surface area (TPSA) is 18.5 Å². The van der Waals surface area contributed by atoms with Crippen molar-refractivity contribution >= 4 is 12.6 Å². The van der Waals surface area contributed by atoms with Gasteiger partial charge >= 0.3 is 0 Å². The van der Waals surface area contributed by atoms with Crippen LogP contribution in [0.25, 0.3) is 0 Å². The summed E-state index contributed by atoms with van der Waals surface area (Å²) in [6, 6.07) is 0. The molecule has 2 nitrogen and oxygen atoms in total. The summed E-state index contributed by atoms with van der Waals surface area (Å²) in [6.07, 6.45) is 6.27. The van der Waals surface area contributed by atoms with Crippen molar-refractivity contribution in [3.63, 3.8) is 0 Å². The van der Waals surface area contributed by atoms with Crippen LogP contribution in [0.2, 0.25) is 0 Å². The van der Waals surface area contributed by atoms with Crippen LogP contribution in [-0.4, -0.2) is 18.5 Å². The fraction of sp³-hybridized carbons (Fsp3) is 0.556. The Morgan fingerprint density at radius 2 is 2.50 bits per heavy atom. The quantitative estimate of drug-likeness (QED) is 0.627. The molecule has 0 saturated heterocycles. The van der Waals surface area contributed by atoms with Crippen molar-refractivity contribution in [3.05, 3.63) is 23.7 Å². The number of thiol groups is 1. The molecule has 1 aliphatic heterocycles. The third-order valence-corrected chi connectivity index (χ3v) is 2.43. The molecule has 2 rings (SSSR count). The molecule has 0 radical (unpaired) electrons. The fourth-order valence-corrected chi connectivity index (χ4v) is 1.55. The first kappa shape index (κ1) is 8.05. The SMILES string of the molecule is SCC1COC2=C(C=CCC2)O1. The third kappa shape index (κ3) is 1.46. The van der Waals surface area contributed by atoms with E-state index in [9.17, 15) is 0 Å². The molecule has 0 bridgehead atoms. The van der Waals surface area contributed by atoms with E-state index < -0.39 is 0 Å². The second-order valence-electron chi connectivity index (χ2n) is 2.96. The predicted octanol–water partition coefficient (Wildman–Crippen LogP) is 1.89. The Morgan fingerprint density at radius 1 is 1.58 bits per heavy atom. The minimum atomic E-state index is 0.120. The van der Waals surface area contributed by atoms with Gasteiger partial charge in [0.1, 0.15) is 18.5 Å². The van der Waals surface area contributed by atoms with E-state index in [2.05, 4.69) is 18.7 Å². The lowest BCUT2D eigenvalue weighted by molar-refractivity contribution is 0.0110. The van der Waals surface area contributed by atoms with E-state index in [1.807, 2.05) is 6.08 Å². The van der Waals surface area contributed by atoms with E-state index in [1.54, 1.807) is 0 Å². The van der Waals surface area contributed by atoms with Gasteiger partial charge in [0.2, 0.25) is 0 Å². The van der Waals surface area contributed by atoms with Gasteiger partial charge in [-0.3, -0.25) is 0 Å². The van der Waals surface area contributed by atoms with Crippen LogP contribution < -0.4 is 0 Å². The summed E-state index contributed by atoms with van der Waals surface area (Å²) in [5.41, 5.74) is 0. The zero-order valence-corrected chi connectivity index (χ0v) is 7.72. The molecular weight excluding hydrogens is 172 g/mol. The van der Waals surface area contributed by atoms with Crippen LogP contribution in [0.15, 0.2) is 23.7 Å². The van der Waals surface area contributed by atoms with E-state index >= 15 is 0 Å². The van der Waals surface area contributed by atoms with Crippen molar-refractivity contribution in [3.8, 4) is 0 Å². The number of hydrogen-bond donors (Lipinski definition) is 1. The predicted molar refractivity (Wildman–Crippen MR) is 50.1 cm³/mol. The highest BCUT2D eigenvalue weighted by molar-refractivity contribution is 7.80. The molecule has 66 valence electrons. The van der Waals surface area contributed by atoms with E-state index in [1.165, 1.54) is 0 Å². The van der Waals surface area contributed by atoms with E-state index in [0.29, 0.717) is 12.4 Å². The molecule has 3 heteroatoms. The van der Waals surface area contributed by atoms with Crippen molar-refractivity contribution in [1.29, 1.82) is 0 Å². The van der Waals surface area contributed by atoms with Gasteiger partial charge in [0.25, 0.3) is 0 Å². The Hall–Kier alpha value is -0.570. The van der Waals surface area contributed by atoms with Crippen LogP contribution in [0.4, 0.5) is 0 Å². The number of hydrogen-bond acceptors (Lipinski definition) is 3. The van der Waals surface area contributed by atoms with Gasteiger partial charge in [0.05, 0.1) is 0 Å². The van der Waals surface area contributed by atoms with Crippen LogP contribution >= 0.6 is 12.6 Å². The van der Waals surface area contributed by atoms with Crippen molar-refractivity contribution < 1.29 is 9.47 Å². The van der Waals surface area contributed by atoms with Crippen LogP contribution in [0.3, 0.4) is 0 Å². The molecule has 0 aromatic heterocycles. The lowest BCUT2D eigenvalue weighted by Crippen LogP contribution is -2.27. The number of ether oxygens (including phenoxy) is 2. The lowest BCUT2D eigenvalue weighted by atomic mass is 10.1. The molecular formula is C9H12O2S. The first-order valence-electron chi connectivity index (χ1n) is 4.20. The minimum Gasteiger partial charge on any atom is -0.490 e. The smallest absolute Gasteiger partial charge is 0.157 e. The zero-order valence-electron chi connectivity index (χ0n) is 6.82. The third-order valence-electron chi connectivity index (χ3n) is 2.02. The summed E-state index contributed by atoms with van der Waals surface area (Å²) >= 11 is 4.17. The highest BCUT2D eigenvalue weighted by Gasteiger charge is 2.21. The van der Waals surface area contributed by atoms with Crippen molar-refractivity contribution in [2.75, 3.05) is 12.4 Å². The van der Waals surface area contributed by atoms with Gasteiger partial charge in [-0.25, -0.2) is 0 Å². The second kappa shape index (κ2) is 3.44. The summed E-state index contributed by atoms with van der Waals surface area (Å²) < 4.78 is 11.2. The number of rotatable bonds is 1. The molecule has 0 amide bonds. The summed E-state index contributed by atoms with van der Waals surface area (Å²) in [5, 5.41) is 0. The standard InChI is InChI=1S/C9H12O2S/c12-6-7-5-10-8-3-1-2-4-9(8)11-7/h2,4,7,12H,1,3,5-6H2. The Bertz CT molecular complexity index is 233. The zero-order chi connectivity index (χ0) is 8.39. The van der Waals surface area contributed by atoms with Gasteiger partial charge in [-0.1, -0.05) is 6.08 Å². The average molecular weight is 184 g/mol. The number of allylic oxidation sites excluding steroid dienone is 3.